The topological polar surface area (TPSA) is 141 Å². The van der Waals surface area contributed by atoms with Gasteiger partial charge in [-0.15, -0.1) is 0 Å². The van der Waals surface area contributed by atoms with Crippen LogP contribution in [-0.4, -0.2) is 40.4 Å². The summed E-state index contributed by atoms with van der Waals surface area (Å²) in [7, 11) is 0. The van der Waals surface area contributed by atoms with Crippen LogP contribution in [0.1, 0.15) is 15.9 Å². The molecule has 1 amide bonds. The highest BCUT2D eigenvalue weighted by atomic mass is 16.6. The van der Waals surface area contributed by atoms with E-state index < -0.39 is 35.4 Å². The van der Waals surface area contributed by atoms with Gasteiger partial charge in [0.25, 0.3) is 5.69 Å². The fourth-order valence-corrected chi connectivity index (χ4v) is 3.59. The Balaban J connectivity index is 1.48. The van der Waals surface area contributed by atoms with E-state index in [1.807, 2.05) is 24.3 Å². The maximum atomic E-state index is 12.9. The van der Waals surface area contributed by atoms with Gasteiger partial charge in [0.2, 0.25) is 5.78 Å². The van der Waals surface area contributed by atoms with Crippen molar-refractivity contribution in [3.05, 3.63) is 106 Å². The van der Waals surface area contributed by atoms with Gasteiger partial charge in [0.05, 0.1) is 4.92 Å². The van der Waals surface area contributed by atoms with Crippen molar-refractivity contribution < 1.29 is 28.8 Å². The summed E-state index contributed by atoms with van der Waals surface area (Å²) in [5.41, 5.74) is 1.38. The number of Topliss-reactive ketones (excluding diaryl/α,β-unsaturated/α-hetero) is 1. The molecule has 0 aliphatic rings. The number of nitro benzene ring substituents is 1. The zero-order chi connectivity index (χ0) is 25.5. The molecule has 0 fully saturated rings. The number of aromatic amines is 1. The Morgan fingerprint density at radius 1 is 0.972 bits per heavy atom. The number of fused-ring (bicyclic) bond motifs is 1. The van der Waals surface area contributed by atoms with Gasteiger partial charge in [-0.1, -0.05) is 48.5 Å². The molecule has 36 heavy (non-hydrogen) atoms. The van der Waals surface area contributed by atoms with E-state index in [0.29, 0.717) is 0 Å². The molecule has 1 aromatic heterocycles. The molecule has 4 aromatic rings. The van der Waals surface area contributed by atoms with Crippen LogP contribution in [0.4, 0.5) is 10.5 Å². The van der Waals surface area contributed by atoms with Gasteiger partial charge in [-0.3, -0.25) is 14.9 Å². The predicted molar refractivity (Wildman–Crippen MR) is 130 cm³/mol. The number of amides is 1. The summed E-state index contributed by atoms with van der Waals surface area (Å²) in [5.74, 6) is -1.19. The smallest absolute Gasteiger partial charge is 0.413 e. The molecule has 0 saturated heterocycles. The second-order valence-electron chi connectivity index (χ2n) is 7.80. The summed E-state index contributed by atoms with van der Waals surface area (Å²) in [4.78, 5) is 51.4. The van der Waals surface area contributed by atoms with Gasteiger partial charge >= 0.3 is 12.1 Å². The molecular weight excluding hydrogens is 466 g/mol. The number of esters is 1. The van der Waals surface area contributed by atoms with Gasteiger partial charge in [0.15, 0.2) is 6.61 Å². The van der Waals surface area contributed by atoms with Gasteiger partial charge < -0.3 is 19.8 Å². The largest absolute Gasteiger partial charge is 0.456 e. The number of carbonyl (C=O) groups excluding carboxylic acids is 3. The number of para-hydroxylation sites is 2. The number of nitrogens with one attached hydrogen (secondary N) is 2. The zero-order valence-corrected chi connectivity index (χ0v) is 18.9. The van der Waals surface area contributed by atoms with E-state index in [1.165, 1.54) is 18.2 Å². The third kappa shape index (κ3) is 5.92. The number of hydrogen-bond donors (Lipinski definition) is 2. The predicted octanol–water partition coefficient (Wildman–Crippen LogP) is 4.20. The fraction of sp³-hybridized carbons (Fsp3) is 0.115. The lowest BCUT2D eigenvalue weighted by molar-refractivity contribution is -0.384. The molecule has 1 atom stereocenters. The highest BCUT2D eigenvalue weighted by molar-refractivity contribution is 5.98. The lowest BCUT2D eigenvalue weighted by atomic mass is 10.1. The lowest BCUT2D eigenvalue weighted by Crippen LogP contribution is -2.45. The summed E-state index contributed by atoms with van der Waals surface area (Å²) < 4.78 is 10.4. The lowest BCUT2D eigenvalue weighted by Gasteiger charge is -2.17. The van der Waals surface area contributed by atoms with Crippen LogP contribution in [0.5, 0.6) is 5.75 Å². The van der Waals surface area contributed by atoms with Crippen molar-refractivity contribution in [2.24, 2.45) is 0 Å². The van der Waals surface area contributed by atoms with Crippen LogP contribution in [0.25, 0.3) is 10.9 Å². The molecule has 0 aliphatic carbocycles. The van der Waals surface area contributed by atoms with Crippen LogP contribution >= 0.6 is 0 Å². The van der Waals surface area contributed by atoms with Crippen molar-refractivity contribution in [2.75, 3.05) is 6.61 Å². The summed E-state index contributed by atoms with van der Waals surface area (Å²) in [6.45, 7) is -0.653. The minimum Gasteiger partial charge on any atom is -0.456 e. The Morgan fingerprint density at radius 3 is 2.50 bits per heavy atom. The molecule has 182 valence electrons. The Kier molecular flexibility index (Phi) is 7.35. The fourth-order valence-electron chi connectivity index (χ4n) is 3.59. The molecule has 2 N–H and O–H groups in total. The van der Waals surface area contributed by atoms with E-state index in [1.54, 1.807) is 36.5 Å². The van der Waals surface area contributed by atoms with Crippen LogP contribution in [0.2, 0.25) is 0 Å². The molecule has 10 nitrogen and oxygen atoms in total. The van der Waals surface area contributed by atoms with Gasteiger partial charge in [0, 0.05) is 41.2 Å². The molecule has 1 unspecified atom stereocenters. The number of benzene rings is 3. The van der Waals surface area contributed by atoms with Crippen LogP contribution in [0.3, 0.4) is 0 Å². The maximum absolute atomic E-state index is 12.9. The summed E-state index contributed by atoms with van der Waals surface area (Å²) in [6, 6.07) is 19.7. The first-order valence-electron chi connectivity index (χ1n) is 10.9. The SMILES string of the molecule is O=C(NC(Cc1c[nH]c2ccccc12)C(=O)OCC(=O)c1cccc([N+](=O)[O-])c1)Oc1ccccc1. The van der Waals surface area contributed by atoms with Crippen LogP contribution < -0.4 is 10.1 Å². The average molecular weight is 487 g/mol. The van der Waals surface area contributed by atoms with E-state index in [0.717, 1.165) is 22.5 Å². The number of ketones is 1. The quantitative estimate of drug-likeness (QED) is 0.156. The van der Waals surface area contributed by atoms with E-state index >= 15 is 0 Å². The summed E-state index contributed by atoms with van der Waals surface area (Å²) >= 11 is 0. The molecule has 0 radical (unpaired) electrons. The Bertz CT molecular complexity index is 1420. The number of carbonyl (C=O) groups is 3. The molecule has 10 heteroatoms. The van der Waals surface area contributed by atoms with Gasteiger partial charge in [-0.05, 0) is 23.8 Å². The Labute approximate surface area is 205 Å². The Hall–Kier alpha value is -4.99. The highest BCUT2D eigenvalue weighted by Crippen LogP contribution is 2.20. The third-order valence-corrected chi connectivity index (χ3v) is 5.35. The molecule has 0 spiro atoms. The van der Waals surface area contributed by atoms with Crippen LogP contribution in [0.15, 0.2) is 85.1 Å². The highest BCUT2D eigenvalue weighted by Gasteiger charge is 2.26. The monoisotopic (exact) mass is 487 g/mol. The standard InChI is InChI=1S/C26H21N3O7/c30-24(17-7-6-8-19(13-17)29(33)34)16-35-25(31)23(28-26(32)36-20-9-2-1-3-10-20)14-18-15-27-22-12-5-4-11-21(18)22/h1-13,15,23,27H,14,16H2,(H,28,32). The number of nitrogens with zero attached hydrogens (tertiary/aromatic N) is 1. The number of aromatic nitrogens is 1. The molecule has 1 heterocycles. The molecular formula is C26H21N3O7. The minimum atomic E-state index is -1.17. The van der Waals surface area contributed by atoms with E-state index in [9.17, 15) is 24.5 Å². The van der Waals surface area contributed by atoms with Gasteiger partial charge in [0.1, 0.15) is 11.8 Å². The first-order chi connectivity index (χ1) is 17.4. The maximum Gasteiger partial charge on any atom is 0.413 e. The third-order valence-electron chi connectivity index (χ3n) is 5.35. The van der Waals surface area contributed by atoms with Gasteiger partial charge in [-0.2, -0.15) is 0 Å². The molecule has 3 aromatic carbocycles. The normalized spacial score (nSPS) is 11.4. The van der Waals surface area contributed by atoms with E-state index in [4.69, 9.17) is 9.47 Å². The first-order valence-corrected chi connectivity index (χ1v) is 10.9. The van der Waals surface area contributed by atoms with Crippen molar-refractivity contribution in [1.29, 1.82) is 0 Å². The van der Waals surface area contributed by atoms with E-state index in [-0.39, 0.29) is 23.4 Å². The zero-order valence-electron chi connectivity index (χ0n) is 18.9. The van der Waals surface area contributed by atoms with Crippen molar-refractivity contribution in [3.8, 4) is 5.75 Å². The van der Waals surface area contributed by atoms with Gasteiger partial charge in [-0.25, -0.2) is 9.59 Å². The first kappa shape index (κ1) is 24.1. The van der Waals surface area contributed by atoms with Crippen molar-refractivity contribution >= 4 is 34.4 Å². The van der Waals surface area contributed by atoms with Crippen molar-refractivity contribution in [3.63, 3.8) is 0 Å². The van der Waals surface area contributed by atoms with E-state index in [2.05, 4.69) is 10.3 Å². The molecule has 4 rings (SSSR count). The van der Waals surface area contributed by atoms with Crippen molar-refractivity contribution in [1.82, 2.24) is 10.3 Å². The number of rotatable bonds is 9. The molecule has 0 aliphatic heterocycles. The Morgan fingerprint density at radius 2 is 1.72 bits per heavy atom. The summed E-state index contributed by atoms with van der Waals surface area (Å²) in [5, 5.41) is 14.3. The van der Waals surface area contributed by atoms with Crippen LogP contribution in [-0.2, 0) is 16.0 Å². The molecule has 0 saturated carbocycles. The number of nitro groups is 1. The number of H-pyrrole nitrogens is 1. The van der Waals surface area contributed by atoms with Crippen molar-refractivity contribution in [2.45, 2.75) is 12.5 Å². The average Bonchev–Trinajstić information content (AvgIpc) is 3.30. The number of ether oxygens (including phenoxy) is 2. The number of hydrogen-bond acceptors (Lipinski definition) is 7. The van der Waals surface area contributed by atoms with Crippen LogP contribution in [0, 0.1) is 10.1 Å². The second-order valence-corrected chi connectivity index (χ2v) is 7.80. The number of non-ortho nitro benzene ring substituents is 1. The minimum absolute atomic E-state index is 0.0293. The summed E-state index contributed by atoms with van der Waals surface area (Å²) in [6.07, 6.45) is 0.925. The molecule has 0 bridgehead atoms. The second kappa shape index (κ2) is 11.0.